The van der Waals surface area contributed by atoms with Crippen molar-refractivity contribution in [3.8, 4) is 5.75 Å². The van der Waals surface area contributed by atoms with Crippen molar-refractivity contribution in [2.24, 2.45) is 17.8 Å². The molecule has 2 fully saturated rings. The van der Waals surface area contributed by atoms with E-state index in [-0.39, 0.29) is 5.92 Å². The van der Waals surface area contributed by atoms with Gasteiger partial charge in [-0.25, -0.2) is 4.39 Å². The number of pyridine rings is 1. The number of halogens is 1. The molecule has 2 heterocycles. The van der Waals surface area contributed by atoms with Gasteiger partial charge in [0.05, 0.1) is 18.5 Å². The molecule has 1 aliphatic carbocycles. The van der Waals surface area contributed by atoms with Crippen molar-refractivity contribution in [1.29, 1.82) is 0 Å². The van der Waals surface area contributed by atoms with Crippen molar-refractivity contribution in [1.82, 2.24) is 9.88 Å². The van der Waals surface area contributed by atoms with Crippen LogP contribution in [0.2, 0.25) is 0 Å². The fraction of sp³-hybridized carbons (Fsp3) is 0.600. The largest absolute Gasteiger partial charge is 0.497 e. The summed E-state index contributed by atoms with van der Waals surface area (Å²) in [4.78, 5) is 18.6. The number of methoxy groups -OCH3 is 1. The van der Waals surface area contributed by atoms with Gasteiger partial charge in [-0.1, -0.05) is 19.3 Å². The SMILES string of the molecule is COc1ccc2nccc([C@H](F)CC[C@@H]3CCN(CCC4CCC4)C[C@@H]3C(=O)O)c2c1. The maximum Gasteiger partial charge on any atom is 0.308 e. The molecule has 5 nitrogen and oxygen atoms in total. The molecule has 6 heteroatoms. The monoisotopic (exact) mass is 428 g/mol. The maximum atomic E-state index is 15.3. The topological polar surface area (TPSA) is 62.7 Å². The molecule has 0 unspecified atom stereocenters. The highest BCUT2D eigenvalue weighted by Gasteiger charge is 2.35. The van der Waals surface area contributed by atoms with Gasteiger partial charge in [0, 0.05) is 18.1 Å². The Hall–Kier alpha value is -2.21. The maximum absolute atomic E-state index is 15.3. The molecule has 31 heavy (non-hydrogen) atoms. The lowest BCUT2D eigenvalue weighted by molar-refractivity contribution is -0.146. The minimum absolute atomic E-state index is 0.0262. The summed E-state index contributed by atoms with van der Waals surface area (Å²) in [6, 6.07) is 7.21. The van der Waals surface area contributed by atoms with Crippen molar-refractivity contribution in [3.63, 3.8) is 0 Å². The van der Waals surface area contributed by atoms with Crippen LogP contribution < -0.4 is 4.74 Å². The summed E-state index contributed by atoms with van der Waals surface area (Å²) in [7, 11) is 1.59. The van der Waals surface area contributed by atoms with Gasteiger partial charge in [0.15, 0.2) is 0 Å². The highest BCUT2D eigenvalue weighted by molar-refractivity contribution is 5.83. The Labute approximate surface area is 183 Å². The predicted molar refractivity (Wildman–Crippen MR) is 119 cm³/mol. The molecule has 0 bridgehead atoms. The number of ether oxygens (including phenoxy) is 1. The van der Waals surface area contributed by atoms with Crippen molar-refractivity contribution >= 4 is 16.9 Å². The van der Waals surface area contributed by atoms with Gasteiger partial charge in [0.25, 0.3) is 0 Å². The first kappa shape index (κ1) is 22.0. The number of hydrogen-bond acceptors (Lipinski definition) is 4. The Kier molecular flexibility index (Phi) is 7.06. The van der Waals surface area contributed by atoms with Gasteiger partial charge in [-0.15, -0.1) is 0 Å². The van der Waals surface area contributed by atoms with Crippen molar-refractivity contribution in [3.05, 3.63) is 36.0 Å². The minimum Gasteiger partial charge on any atom is -0.497 e. The van der Waals surface area contributed by atoms with Crippen LogP contribution in [0.1, 0.15) is 56.7 Å². The first-order chi connectivity index (χ1) is 15.0. The highest BCUT2D eigenvalue weighted by Crippen LogP contribution is 2.36. The summed E-state index contributed by atoms with van der Waals surface area (Å²) in [5.74, 6) is 0.388. The Morgan fingerprint density at radius 3 is 2.84 bits per heavy atom. The molecule has 0 radical (unpaired) electrons. The second-order valence-corrected chi connectivity index (χ2v) is 9.21. The Bertz CT molecular complexity index is 901. The summed E-state index contributed by atoms with van der Waals surface area (Å²) >= 11 is 0. The van der Waals surface area contributed by atoms with Crippen molar-refractivity contribution in [2.45, 2.75) is 51.1 Å². The Morgan fingerprint density at radius 2 is 2.13 bits per heavy atom. The molecule has 2 aliphatic rings. The van der Waals surface area contributed by atoms with E-state index in [1.807, 2.05) is 18.2 Å². The molecule has 1 aromatic heterocycles. The average molecular weight is 429 g/mol. The number of benzene rings is 1. The number of hydrogen-bond donors (Lipinski definition) is 1. The Morgan fingerprint density at radius 1 is 1.29 bits per heavy atom. The zero-order valence-corrected chi connectivity index (χ0v) is 18.3. The predicted octanol–water partition coefficient (Wildman–Crippen LogP) is 5.25. The van der Waals surface area contributed by atoms with E-state index >= 15 is 4.39 Å². The zero-order chi connectivity index (χ0) is 21.8. The van der Waals surface area contributed by atoms with Gasteiger partial charge < -0.3 is 14.7 Å². The van der Waals surface area contributed by atoms with E-state index in [2.05, 4.69) is 9.88 Å². The number of carboxylic acids is 1. The quantitative estimate of drug-likeness (QED) is 0.591. The fourth-order valence-electron chi connectivity index (χ4n) is 5.11. The van der Waals surface area contributed by atoms with E-state index < -0.39 is 18.1 Å². The van der Waals surface area contributed by atoms with Crippen LogP contribution in [0.4, 0.5) is 4.39 Å². The van der Waals surface area contributed by atoms with Gasteiger partial charge in [-0.3, -0.25) is 9.78 Å². The number of aromatic nitrogens is 1. The second-order valence-electron chi connectivity index (χ2n) is 9.21. The number of carboxylic acid groups (broad SMARTS) is 1. The number of likely N-dealkylation sites (tertiary alicyclic amines) is 1. The van der Waals surface area contributed by atoms with Crippen molar-refractivity contribution in [2.75, 3.05) is 26.7 Å². The number of aliphatic carboxylic acids is 1. The van der Waals surface area contributed by atoms with Crippen LogP contribution in [-0.4, -0.2) is 47.7 Å². The van der Waals surface area contributed by atoms with Crippen LogP contribution in [-0.2, 0) is 4.79 Å². The lowest BCUT2D eigenvalue weighted by Crippen LogP contribution is -2.44. The third kappa shape index (κ3) is 5.17. The molecule has 2 aromatic rings. The fourth-order valence-corrected chi connectivity index (χ4v) is 5.11. The molecule has 3 atom stereocenters. The van der Waals surface area contributed by atoms with E-state index in [1.165, 1.54) is 25.7 Å². The molecule has 1 saturated heterocycles. The summed E-state index contributed by atoms with van der Waals surface area (Å²) in [5, 5.41) is 10.6. The van der Waals surface area contributed by atoms with Gasteiger partial charge in [-0.05, 0) is 80.4 Å². The number of rotatable bonds is 9. The zero-order valence-electron chi connectivity index (χ0n) is 18.3. The molecule has 4 rings (SSSR count). The lowest BCUT2D eigenvalue weighted by Gasteiger charge is -2.38. The van der Waals surface area contributed by atoms with E-state index in [0.29, 0.717) is 30.7 Å². The number of fused-ring (bicyclic) bond motifs is 1. The normalized spacial score (nSPS) is 23.4. The van der Waals surface area contributed by atoms with Gasteiger partial charge in [0.1, 0.15) is 11.9 Å². The van der Waals surface area contributed by atoms with Crippen LogP contribution in [0.5, 0.6) is 5.75 Å². The van der Waals surface area contributed by atoms with Gasteiger partial charge >= 0.3 is 5.97 Å². The van der Waals surface area contributed by atoms with E-state index in [0.717, 1.165) is 36.3 Å². The van der Waals surface area contributed by atoms with Crippen LogP contribution in [0.3, 0.4) is 0 Å². The summed E-state index contributed by atoms with van der Waals surface area (Å²) in [6.07, 6.45) is 7.41. The summed E-state index contributed by atoms with van der Waals surface area (Å²) in [5.41, 5.74) is 1.35. The third-order valence-corrected chi connectivity index (χ3v) is 7.35. The van der Waals surface area contributed by atoms with E-state index in [4.69, 9.17) is 4.74 Å². The first-order valence-corrected chi connectivity index (χ1v) is 11.6. The molecule has 1 aromatic carbocycles. The molecule has 1 saturated carbocycles. The molecular weight excluding hydrogens is 395 g/mol. The average Bonchev–Trinajstić information content (AvgIpc) is 2.75. The number of piperidine rings is 1. The first-order valence-electron chi connectivity index (χ1n) is 11.6. The Balaban J connectivity index is 1.37. The summed E-state index contributed by atoms with van der Waals surface area (Å²) < 4.78 is 20.6. The van der Waals surface area contributed by atoms with E-state index in [9.17, 15) is 9.90 Å². The molecule has 0 amide bonds. The third-order valence-electron chi connectivity index (χ3n) is 7.35. The highest BCUT2D eigenvalue weighted by atomic mass is 19.1. The van der Waals surface area contributed by atoms with Crippen LogP contribution in [0, 0.1) is 17.8 Å². The van der Waals surface area contributed by atoms with Gasteiger partial charge in [-0.2, -0.15) is 0 Å². The van der Waals surface area contributed by atoms with Crippen molar-refractivity contribution < 1.29 is 19.0 Å². The molecule has 1 aliphatic heterocycles. The summed E-state index contributed by atoms with van der Waals surface area (Å²) in [6.45, 7) is 2.52. The molecule has 168 valence electrons. The smallest absolute Gasteiger partial charge is 0.308 e. The van der Waals surface area contributed by atoms with Crippen LogP contribution in [0.15, 0.2) is 30.5 Å². The molecule has 0 spiro atoms. The van der Waals surface area contributed by atoms with Gasteiger partial charge in [0.2, 0.25) is 0 Å². The lowest BCUT2D eigenvalue weighted by atomic mass is 9.80. The van der Waals surface area contributed by atoms with Crippen LogP contribution >= 0.6 is 0 Å². The molecule has 1 N–H and O–H groups in total. The number of carbonyl (C=O) groups is 1. The molecular formula is C25H33FN2O3. The second kappa shape index (κ2) is 9.94. The standard InChI is InChI=1S/C25H33FN2O3/c1-31-19-6-8-24-21(15-19)20(9-12-27-24)23(26)7-5-18-11-14-28(16-22(18)25(29)30)13-10-17-3-2-4-17/h6,8-9,12,15,17-18,22-23H,2-5,7,10-11,13-14,16H2,1H3,(H,29,30)/t18-,22+,23-/m1/s1. The number of nitrogens with zero attached hydrogens (tertiary/aromatic N) is 2. The minimum atomic E-state index is -1.15. The van der Waals surface area contributed by atoms with E-state index in [1.54, 1.807) is 19.4 Å². The van der Waals surface area contributed by atoms with Crippen LogP contribution in [0.25, 0.3) is 10.9 Å². The number of alkyl halides is 1.